The molecule has 0 fully saturated rings. The quantitative estimate of drug-likeness (QED) is 0.0205. The molecule has 0 spiro atoms. The third-order valence-electron chi connectivity index (χ3n) is 12.5. The zero-order valence-electron chi connectivity index (χ0n) is 47.8. The van der Waals surface area contributed by atoms with Crippen molar-refractivity contribution < 1.29 is 37.3 Å². The van der Waals surface area contributed by atoms with E-state index >= 15 is 0 Å². The fourth-order valence-electron chi connectivity index (χ4n) is 7.94. The van der Waals surface area contributed by atoms with Crippen molar-refractivity contribution in [2.24, 2.45) is 0 Å². The molecule has 0 aromatic heterocycles. The Balaban J connectivity index is 5.30. The van der Waals surface area contributed by atoms with Crippen LogP contribution in [0.15, 0.2) is 97.2 Å². The van der Waals surface area contributed by atoms with Crippen molar-refractivity contribution in [1.29, 1.82) is 0 Å². The standard InChI is InChI=1S/C63H111N2O7P/c1-7-10-13-16-19-22-25-27-28-29-30-31-32-33-34-35-36-38-41-44-47-50-53-56-63(67)72-61(54-51-48-45-42-39-24-21-18-15-12-9-3)60(59-71-73(68,69)70-58-57-65(4,5)6)64-62(66)55-52-49-46-43-40-37-26-23-20-17-14-11-8-2/h10,13,19,22,27-28,30-31,33-34,36-38,40,51,54,60-61H,7-9,11-12,14-18,20-21,23-26,29,32,35,39,41-50,52-53,55-59H2,1-6H3,(H-,64,66,68,69)/p+1/b13-10-,22-19-,28-27-,31-30-,34-33-,38-36-,40-37-,54-51-. The molecule has 0 aromatic rings. The number of unbranched alkanes of at least 4 members (excludes halogenated alkanes) is 22. The Morgan fingerprint density at radius 1 is 0.493 bits per heavy atom. The highest BCUT2D eigenvalue weighted by molar-refractivity contribution is 7.47. The third-order valence-corrected chi connectivity index (χ3v) is 13.5. The average molecular weight is 1040 g/mol. The van der Waals surface area contributed by atoms with E-state index in [4.69, 9.17) is 13.8 Å². The number of phosphoric acid groups is 1. The fourth-order valence-corrected chi connectivity index (χ4v) is 8.67. The molecule has 0 aliphatic carbocycles. The minimum absolute atomic E-state index is 0.0288. The highest BCUT2D eigenvalue weighted by Crippen LogP contribution is 2.43. The van der Waals surface area contributed by atoms with Crippen LogP contribution >= 0.6 is 7.82 Å². The predicted octanol–water partition coefficient (Wildman–Crippen LogP) is 18.0. The van der Waals surface area contributed by atoms with Gasteiger partial charge in [-0.1, -0.05) is 215 Å². The van der Waals surface area contributed by atoms with Crippen LogP contribution in [0.2, 0.25) is 0 Å². The number of amides is 1. The van der Waals surface area contributed by atoms with Gasteiger partial charge < -0.3 is 19.4 Å². The number of quaternary nitrogens is 1. The molecule has 0 bridgehead atoms. The monoisotopic (exact) mass is 1040 g/mol. The number of rotatable bonds is 52. The molecular weight excluding hydrogens is 928 g/mol. The van der Waals surface area contributed by atoms with Gasteiger partial charge >= 0.3 is 13.8 Å². The zero-order valence-corrected chi connectivity index (χ0v) is 48.7. The van der Waals surface area contributed by atoms with Crippen LogP contribution in [0.5, 0.6) is 0 Å². The van der Waals surface area contributed by atoms with Crippen LogP contribution < -0.4 is 5.32 Å². The first-order chi connectivity index (χ1) is 35.4. The second-order valence-electron chi connectivity index (χ2n) is 20.8. The van der Waals surface area contributed by atoms with E-state index in [2.05, 4.69) is 111 Å². The molecule has 0 aliphatic rings. The summed E-state index contributed by atoms with van der Waals surface area (Å²) in [5.41, 5.74) is 0. The summed E-state index contributed by atoms with van der Waals surface area (Å²) < 4.78 is 30.6. The lowest BCUT2D eigenvalue weighted by atomic mass is 10.1. The topological polar surface area (TPSA) is 111 Å². The maximum absolute atomic E-state index is 13.5. The van der Waals surface area contributed by atoms with Crippen molar-refractivity contribution in [3.8, 4) is 0 Å². The van der Waals surface area contributed by atoms with Gasteiger partial charge in [0, 0.05) is 12.8 Å². The largest absolute Gasteiger partial charge is 0.472 e. The van der Waals surface area contributed by atoms with E-state index < -0.39 is 20.0 Å². The first-order valence-corrected chi connectivity index (χ1v) is 31.1. The summed E-state index contributed by atoms with van der Waals surface area (Å²) in [7, 11) is 1.46. The summed E-state index contributed by atoms with van der Waals surface area (Å²) in [6.45, 7) is 6.84. The van der Waals surface area contributed by atoms with Gasteiger partial charge in [-0.2, -0.15) is 0 Å². The number of ether oxygens (including phenoxy) is 1. The molecule has 2 N–H and O–H groups in total. The maximum Gasteiger partial charge on any atom is 0.472 e. The van der Waals surface area contributed by atoms with E-state index in [1.807, 2.05) is 33.3 Å². The average Bonchev–Trinajstić information content (AvgIpc) is 3.35. The Labute approximate surface area is 449 Å². The number of hydrogen-bond donors (Lipinski definition) is 2. The number of nitrogens with one attached hydrogen (secondary N) is 1. The first kappa shape index (κ1) is 69.9. The number of nitrogens with zero attached hydrogens (tertiary/aromatic N) is 1. The van der Waals surface area contributed by atoms with Crippen molar-refractivity contribution in [1.82, 2.24) is 5.32 Å². The molecule has 0 heterocycles. The van der Waals surface area contributed by atoms with E-state index in [-0.39, 0.29) is 31.5 Å². The fraction of sp³-hybridized carbons (Fsp3) is 0.714. The van der Waals surface area contributed by atoms with E-state index in [1.54, 1.807) is 0 Å². The van der Waals surface area contributed by atoms with E-state index in [0.717, 1.165) is 116 Å². The van der Waals surface area contributed by atoms with E-state index in [1.165, 1.54) is 83.5 Å². The van der Waals surface area contributed by atoms with Crippen LogP contribution in [0.3, 0.4) is 0 Å². The summed E-state index contributed by atoms with van der Waals surface area (Å²) in [5.74, 6) is -0.559. The van der Waals surface area contributed by atoms with Gasteiger partial charge in [0.2, 0.25) is 5.91 Å². The number of allylic oxidation sites excluding steroid dienone is 15. The molecule has 73 heavy (non-hydrogen) atoms. The molecule has 0 radical (unpaired) electrons. The summed E-state index contributed by atoms with van der Waals surface area (Å²) in [6, 6.07) is -0.871. The van der Waals surface area contributed by atoms with Crippen molar-refractivity contribution >= 4 is 19.7 Å². The number of phosphoric ester groups is 1. The van der Waals surface area contributed by atoms with E-state index in [0.29, 0.717) is 23.9 Å². The lowest BCUT2D eigenvalue weighted by Gasteiger charge is -2.27. The van der Waals surface area contributed by atoms with Gasteiger partial charge in [0.1, 0.15) is 19.3 Å². The second-order valence-corrected chi connectivity index (χ2v) is 22.2. The smallest absolute Gasteiger partial charge is 0.456 e. The summed E-state index contributed by atoms with van der Waals surface area (Å²) in [4.78, 5) is 37.6. The summed E-state index contributed by atoms with van der Waals surface area (Å²) in [5, 5.41) is 3.03. The first-order valence-electron chi connectivity index (χ1n) is 29.6. The molecule has 3 atom stereocenters. The number of carbonyl (C=O) groups excluding carboxylic acids is 2. The second kappa shape index (κ2) is 52.4. The van der Waals surface area contributed by atoms with Gasteiger partial charge in [0.05, 0.1) is 33.8 Å². The number of hydrogen-bond acceptors (Lipinski definition) is 6. The minimum atomic E-state index is -4.46. The molecule has 1 amide bonds. The Morgan fingerprint density at radius 3 is 1.34 bits per heavy atom. The van der Waals surface area contributed by atoms with E-state index in [9.17, 15) is 19.0 Å². The predicted molar refractivity (Wildman–Crippen MR) is 314 cm³/mol. The van der Waals surface area contributed by atoms with Crippen LogP contribution in [0.25, 0.3) is 0 Å². The Morgan fingerprint density at radius 2 is 0.877 bits per heavy atom. The van der Waals surface area contributed by atoms with Gasteiger partial charge in [0.25, 0.3) is 0 Å². The molecule has 0 aliphatic heterocycles. The lowest BCUT2D eigenvalue weighted by molar-refractivity contribution is -0.870. The van der Waals surface area contributed by atoms with Crippen molar-refractivity contribution in [2.75, 3.05) is 40.9 Å². The van der Waals surface area contributed by atoms with Gasteiger partial charge in [-0.05, 0) is 109 Å². The van der Waals surface area contributed by atoms with Crippen molar-refractivity contribution in [3.63, 3.8) is 0 Å². The lowest BCUT2D eigenvalue weighted by Crippen LogP contribution is -2.47. The van der Waals surface area contributed by atoms with Crippen LogP contribution in [0.1, 0.15) is 239 Å². The number of likely N-dealkylation sites (N-methyl/N-ethyl adjacent to an activating group) is 1. The molecule has 3 unspecified atom stereocenters. The molecule has 420 valence electrons. The molecule has 10 heteroatoms. The van der Waals surface area contributed by atoms with Crippen LogP contribution in [-0.2, 0) is 27.9 Å². The summed E-state index contributed by atoms with van der Waals surface area (Å²) >= 11 is 0. The van der Waals surface area contributed by atoms with Crippen molar-refractivity contribution in [2.45, 2.75) is 251 Å². The van der Waals surface area contributed by atoms with Crippen molar-refractivity contribution in [3.05, 3.63) is 97.2 Å². The van der Waals surface area contributed by atoms with Gasteiger partial charge in [0.15, 0.2) is 0 Å². The molecular formula is C63H112N2O7P+. The van der Waals surface area contributed by atoms with Gasteiger partial charge in [-0.3, -0.25) is 18.6 Å². The molecule has 0 aromatic carbocycles. The number of esters is 1. The maximum atomic E-state index is 13.5. The van der Waals surface area contributed by atoms with Crippen LogP contribution in [-0.4, -0.2) is 74.3 Å². The molecule has 0 saturated carbocycles. The highest BCUT2D eigenvalue weighted by Gasteiger charge is 2.30. The Bertz CT molecular complexity index is 1570. The van der Waals surface area contributed by atoms with Gasteiger partial charge in [-0.25, -0.2) is 4.57 Å². The Kier molecular flexibility index (Phi) is 50.2. The summed E-state index contributed by atoms with van der Waals surface area (Å²) in [6.07, 6.45) is 69.8. The highest BCUT2D eigenvalue weighted by atomic mass is 31.2. The molecule has 0 saturated heterocycles. The number of carbonyl (C=O) groups is 2. The van der Waals surface area contributed by atoms with Gasteiger partial charge in [-0.15, -0.1) is 0 Å². The molecule has 0 rings (SSSR count). The Hall–Kier alpha value is -3.07. The van der Waals surface area contributed by atoms with Crippen LogP contribution in [0, 0.1) is 0 Å². The third kappa shape index (κ3) is 53.6. The zero-order chi connectivity index (χ0) is 53.6. The van der Waals surface area contributed by atoms with Crippen LogP contribution in [0.4, 0.5) is 0 Å². The molecule has 9 nitrogen and oxygen atoms in total. The SMILES string of the molecule is CC/C=C\C/C=C\C/C=C\C/C=C\C/C=C\C/C=C\CCCCCCC(=O)OC(/C=C\CCCCCCCCCCC)C(COP(=O)(O)OCC[N+](C)(C)C)NC(=O)CCCCC/C=C\CCCCCCCC. The minimum Gasteiger partial charge on any atom is -0.456 e. The normalized spacial score (nSPS) is 14.5.